The zero-order valence-electron chi connectivity index (χ0n) is 83.3. The van der Waals surface area contributed by atoms with Crippen LogP contribution >= 0.6 is 0 Å². The quantitative estimate of drug-likeness (QED) is 0.120. The van der Waals surface area contributed by atoms with Crippen LogP contribution in [0.5, 0.6) is 17.2 Å². The lowest BCUT2D eigenvalue weighted by Crippen LogP contribution is -2.54. The third-order valence-electron chi connectivity index (χ3n) is 26.5. The number of fused-ring (bicyclic) bond motifs is 9. The molecule has 0 radical (unpaired) electrons. The number of ether oxygens (including phenoxy) is 2. The van der Waals surface area contributed by atoms with Crippen LogP contribution in [-0.2, 0) is 23.2 Å². The first kappa shape index (κ1) is 107. The maximum atomic E-state index is 13.7. The Kier molecular flexibility index (Phi) is 31.5. The SMILES string of the molecule is Cc1c(-c2ccccc2)cc(-c2cc(-c3ccccc3)c(C)c(-c3ccccc3)c2)cc1-c1ccccc1.Cc1cc(F)c(-c2c(F)cc(C)cc2F)c(F)c1.Cc1ccc(-c2ccc(C)cc2C(F)(F)F)c(C(F)(F)F)c1.Cc1ccc(-c2ccc(C)cc2OC(F)(F)F)c(C)c1.Cc1ccc(C(c2ccc(C)cc2)(C(F)(F)F)C(F)(F)F)cc1.Cc1ccc2c(c1)Oc1cc(C)ccc1C21c2ccccc2-c2ccccc21. The Morgan fingerprint density at radius 2 is 0.503 bits per heavy atom. The molecule has 0 N–H and O–H groups in total. The van der Waals surface area contributed by atoms with Gasteiger partial charge in [0.25, 0.3) is 0 Å². The molecule has 2 aliphatic rings. The van der Waals surface area contributed by atoms with E-state index < -0.39 is 104 Å². The van der Waals surface area contributed by atoms with E-state index in [9.17, 15) is 83.4 Å². The minimum Gasteiger partial charge on any atom is -0.457 e. The van der Waals surface area contributed by atoms with Crippen LogP contribution in [0.4, 0.5) is 83.4 Å². The molecule has 18 aromatic carbocycles. The molecule has 1 aliphatic carbocycles. The molecule has 0 saturated heterocycles. The molecular formula is C128H101F19O2. The van der Waals surface area contributed by atoms with Crippen molar-refractivity contribution >= 4 is 0 Å². The predicted octanol–water partition coefficient (Wildman–Crippen LogP) is 38.8. The molecule has 758 valence electrons. The first-order valence-electron chi connectivity index (χ1n) is 47.6. The van der Waals surface area contributed by atoms with Crippen molar-refractivity contribution in [2.24, 2.45) is 0 Å². The molecule has 0 saturated carbocycles. The summed E-state index contributed by atoms with van der Waals surface area (Å²) in [6.07, 6.45) is -25.2. The van der Waals surface area contributed by atoms with Crippen molar-refractivity contribution in [1.29, 1.82) is 0 Å². The predicted molar refractivity (Wildman–Crippen MR) is 557 cm³/mol. The summed E-state index contributed by atoms with van der Waals surface area (Å²) in [5, 5.41) is 0. The molecule has 0 aromatic heterocycles. The van der Waals surface area contributed by atoms with Crippen LogP contribution in [0.2, 0.25) is 0 Å². The number of alkyl halides is 15. The van der Waals surface area contributed by atoms with Gasteiger partial charge >= 0.3 is 31.1 Å². The zero-order valence-corrected chi connectivity index (χ0v) is 83.3. The molecule has 18 aromatic rings. The summed E-state index contributed by atoms with van der Waals surface area (Å²) >= 11 is 0. The highest BCUT2D eigenvalue weighted by molar-refractivity contribution is 5.92. The van der Waals surface area contributed by atoms with Gasteiger partial charge in [0.1, 0.15) is 40.5 Å². The highest BCUT2D eigenvalue weighted by Gasteiger charge is 2.72. The number of halogens is 19. The standard InChI is InChI=1S/C38H30.C27H20O.C17H14F6.C16H12F6.C16H15F3O.C14H10F4/c1-27-35(29-15-7-3-8-16-29)23-33(24-36(27)30-17-9-4-10-18-30)34-25-37(31-19-11-5-12-20-31)28(2)38(26-34)32-21-13-6-14-22-32;1-17-11-13-23-25(15-17)28-26-16-18(2)12-14-24(26)27(23)21-9-5-3-7-19(21)20-8-4-6-10-22(20)27;1-11-3-7-13(8-4-11)15(16(18,19)20,17(21,22)23)14-9-5-12(2)6-10-14;1-9-3-5-11(13(7-9)15(17,18)19)12-6-4-10(2)8-14(12)16(20,21)22;1-10-4-6-13(12(3)8-10)14-7-5-11(2)9-15(14)20-16(17,18)19;1-7-3-9(15)13(10(16)4-7)14-11(17)5-8(2)6-12(14)18/h3-26H,1-2H3;3-16H,1-2H3;3-10H,1-2H3;3-8H,1-2H3;4-9H,1-3H3;3-6H,1-2H3. The Labute approximate surface area is 853 Å². The van der Waals surface area contributed by atoms with Crippen molar-refractivity contribution in [2.75, 3.05) is 0 Å². The molecule has 0 bridgehead atoms. The average molecular weight is 2030 g/mol. The van der Waals surface area contributed by atoms with Crippen molar-refractivity contribution < 1.29 is 92.9 Å². The Hall–Kier alpha value is -15.8. The van der Waals surface area contributed by atoms with Gasteiger partial charge in [-0.2, -0.15) is 52.7 Å². The Balaban J connectivity index is 0.000000136. The molecule has 21 heteroatoms. The summed E-state index contributed by atoms with van der Waals surface area (Å²) < 4.78 is 264. The van der Waals surface area contributed by atoms with E-state index in [1.54, 1.807) is 32.9 Å². The monoisotopic (exact) mass is 2030 g/mol. The van der Waals surface area contributed by atoms with E-state index in [1.807, 2.05) is 32.0 Å². The fourth-order valence-corrected chi connectivity index (χ4v) is 19.5. The maximum Gasteiger partial charge on any atom is 0.573 e. The third-order valence-corrected chi connectivity index (χ3v) is 26.5. The van der Waals surface area contributed by atoms with E-state index in [1.165, 1.54) is 181 Å². The maximum absolute atomic E-state index is 13.7. The number of hydrogen-bond acceptors (Lipinski definition) is 2. The largest absolute Gasteiger partial charge is 0.573 e. The first-order chi connectivity index (χ1) is 70.5. The van der Waals surface area contributed by atoms with Crippen molar-refractivity contribution in [3.05, 3.63) is 516 Å². The second kappa shape index (κ2) is 43.7. The normalized spacial score (nSPS) is 12.3. The Morgan fingerprint density at radius 3 is 0.819 bits per heavy atom. The van der Waals surface area contributed by atoms with Crippen molar-refractivity contribution in [3.8, 4) is 117 Å². The summed E-state index contributed by atoms with van der Waals surface area (Å²) in [7, 11) is 0. The first-order valence-corrected chi connectivity index (χ1v) is 47.6. The van der Waals surface area contributed by atoms with Gasteiger partial charge in [0.2, 0.25) is 5.41 Å². The third kappa shape index (κ3) is 23.2. The Bertz CT molecular complexity index is 7320. The molecule has 0 atom stereocenters. The smallest absolute Gasteiger partial charge is 0.457 e. The van der Waals surface area contributed by atoms with E-state index >= 15 is 0 Å². The van der Waals surface area contributed by atoms with Crippen LogP contribution in [0.1, 0.15) is 117 Å². The molecule has 0 fully saturated rings. The topological polar surface area (TPSA) is 18.5 Å². The number of benzene rings is 18. The summed E-state index contributed by atoms with van der Waals surface area (Å²) in [6.45, 7) is 23.4. The second-order valence-corrected chi connectivity index (χ2v) is 37.4. The molecule has 2 nitrogen and oxygen atoms in total. The number of aryl methyl sites for hydroxylation is 11. The summed E-state index contributed by atoms with van der Waals surface area (Å²) in [6, 6.07) is 113. The van der Waals surface area contributed by atoms with E-state index in [-0.39, 0.29) is 11.2 Å². The van der Waals surface area contributed by atoms with E-state index in [0.29, 0.717) is 38.9 Å². The molecule has 0 amide bonds. The van der Waals surface area contributed by atoms with Gasteiger partial charge in [-0.15, -0.1) is 13.2 Å². The molecule has 20 rings (SSSR count). The van der Waals surface area contributed by atoms with Crippen molar-refractivity contribution in [1.82, 2.24) is 0 Å². The second-order valence-electron chi connectivity index (χ2n) is 37.4. The van der Waals surface area contributed by atoms with Gasteiger partial charge < -0.3 is 9.47 Å². The van der Waals surface area contributed by atoms with Crippen molar-refractivity contribution in [3.63, 3.8) is 0 Å². The summed E-state index contributed by atoms with van der Waals surface area (Å²) in [5.41, 5.74) is 21.2. The lowest BCUT2D eigenvalue weighted by Gasteiger charge is -2.39. The minimum absolute atomic E-state index is 0.163. The van der Waals surface area contributed by atoms with Crippen molar-refractivity contribution in [2.45, 2.75) is 132 Å². The highest BCUT2D eigenvalue weighted by atomic mass is 19.4. The molecule has 1 spiro atoms. The van der Waals surface area contributed by atoms with Gasteiger partial charge in [-0.3, -0.25) is 0 Å². The molecular weight excluding hydrogens is 1930 g/mol. The molecule has 1 aliphatic heterocycles. The fourth-order valence-electron chi connectivity index (χ4n) is 19.5. The van der Waals surface area contributed by atoms with Crippen LogP contribution in [0, 0.1) is 113 Å². The van der Waals surface area contributed by atoms with E-state index in [0.717, 1.165) is 107 Å². The molecule has 1 heterocycles. The minimum atomic E-state index is -5.53. The summed E-state index contributed by atoms with van der Waals surface area (Å²) in [5.74, 6) is -2.15. The lowest BCUT2D eigenvalue weighted by atomic mass is 9.66. The number of hydrogen-bond donors (Lipinski definition) is 0. The van der Waals surface area contributed by atoms with Crippen LogP contribution in [0.15, 0.2) is 376 Å². The van der Waals surface area contributed by atoms with Gasteiger partial charge in [0, 0.05) is 16.7 Å². The van der Waals surface area contributed by atoms with Crippen LogP contribution < -0.4 is 9.47 Å². The molecule has 149 heavy (non-hydrogen) atoms. The van der Waals surface area contributed by atoms with Crippen LogP contribution in [0.25, 0.3) is 100 Å². The van der Waals surface area contributed by atoms with Crippen LogP contribution in [0.3, 0.4) is 0 Å². The Morgan fingerprint density at radius 1 is 0.221 bits per heavy atom. The molecule has 0 unspecified atom stereocenters. The highest BCUT2D eigenvalue weighted by Crippen LogP contribution is 2.63. The van der Waals surface area contributed by atoms with Gasteiger partial charge in [-0.05, 0) is 319 Å². The van der Waals surface area contributed by atoms with Gasteiger partial charge in [-0.25, -0.2) is 17.6 Å². The zero-order chi connectivity index (χ0) is 107. The summed E-state index contributed by atoms with van der Waals surface area (Å²) in [4.78, 5) is 0. The average Bonchev–Trinajstić information content (AvgIpc) is 1.51. The van der Waals surface area contributed by atoms with E-state index in [2.05, 4.69) is 263 Å². The number of rotatable bonds is 11. The van der Waals surface area contributed by atoms with Crippen LogP contribution in [-0.4, -0.2) is 18.7 Å². The van der Waals surface area contributed by atoms with Gasteiger partial charge in [-0.1, -0.05) is 325 Å². The fraction of sp³-hybridized carbons (Fsp3) is 0.156. The van der Waals surface area contributed by atoms with Gasteiger partial charge in [0.05, 0.1) is 27.7 Å². The van der Waals surface area contributed by atoms with E-state index in [4.69, 9.17) is 4.74 Å². The van der Waals surface area contributed by atoms with Gasteiger partial charge in [0.15, 0.2) is 0 Å². The lowest BCUT2D eigenvalue weighted by molar-refractivity contribution is -0.288.